The monoisotopic (exact) mass is 266 g/mol. The van der Waals surface area contributed by atoms with Crippen LogP contribution in [0.2, 0.25) is 18.1 Å². The predicted octanol–water partition coefficient (Wildman–Crippen LogP) is 5.31. The fourth-order valence-corrected chi connectivity index (χ4v) is 3.73. The van der Waals surface area contributed by atoms with E-state index in [2.05, 4.69) is 67.3 Å². The lowest BCUT2D eigenvalue weighted by Gasteiger charge is -2.42. The van der Waals surface area contributed by atoms with E-state index in [1.165, 1.54) is 11.1 Å². The Balaban J connectivity index is 3.01. The highest BCUT2D eigenvalue weighted by Crippen LogP contribution is 2.49. The quantitative estimate of drug-likeness (QED) is 0.615. The van der Waals surface area contributed by atoms with Crippen LogP contribution in [0.5, 0.6) is 0 Å². The van der Waals surface area contributed by atoms with Crippen molar-refractivity contribution in [3.8, 4) is 0 Å². The van der Waals surface area contributed by atoms with E-state index in [9.17, 15) is 0 Å². The second-order valence-electron chi connectivity index (χ2n) is 7.76. The first kappa shape index (κ1) is 15.7. The molecule has 0 saturated heterocycles. The summed E-state index contributed by atoms with van der Waals surface area (Å²) in [6.45, 7) is 22.5. The summed E-state index contributed by atoms with van der Waals surface area (Å²) in [5.41, 5.74) is 2.75. The van der Waals surface area contributed by atoms with Crippen LogP contribution in [0.3, 0.4) is 0 Å². The summed E-state index contributed by atoms with van der Waals surface area (Å²) >= 11 is 0. The van der Waals surface area contributed by atoms with Crippen LogP contribution in [0.4, 0.5) is 0 Å². The van der Waals surface area contributed by atoms with Gasteiger partial charge in [0.2, 0.25) is 0 Å². The minimum Gasteiger partial charge on any atom is -0.409 e. The standard InChI is InChI=1S/C16H30OSi/c1-10-13-11-16(6,7)14(12(13)2)17-18(8,9)15(3,4)5/h10,14H,2,11H2,1,3-9H3/b13-10+. The second kappa shape index (κ2) is 4.64. The van der Waals surface area contributed by atoms with Crippen molar-refractivity contribution in [2.45, 2.75) is 72.2 Å². The van der Waals surface area contributed by atoms with Crippen molar-refractivity contribution in [3.05, 3.63) is 23.8 Å². The molecule has 0 aliphatic heterocycles. The van der Waals surface area contributed by atoms with Crippen LogP contribution in [0.1, 0.15) is 48.0 Å². The molecule has 0 spiro atoms. The molecule has 0 aromatic rings. The first-order valence-corrected chi connectivity index (χ1v) is 9.85. The van der Waals surface area contributed by atoms with Crippen LogP contribution in [-0.2, 0) is 4.43 Å². The van der Waals surface area contributed by atoms with Gasteiger partial charge in [-0.2, -0.15) is 0 Å². The lowest BCUT2D eigenvalue weighted by Crippen LogP contribution is -2.46. The zero-order valence-corrected chi connectivity index (χ0v) is 14.5. The molecule has 1 nitrogen and oxygen atoms in total. The molecule has 0 amide bonds. The molecule has 0 N–H and O–H groups in total. The molecule has 1 aliphatic rings. The highest BCUT2D eigenvalue weighted by atomic mass is 28.4. The van der Waals surface area contributed by atoms with E-state index < -0.39 is 8.32 Å². The average Bonchev–Trinajstić information content (AvgIpc) is 2.39. The van der Waals surface area contributed by atoms with Crippen LogP contribution < -0.4 is 0 Å². The highest BCUT2D eigenvalue weighted by Gasteiger charge is 2.47. The third kappa shape index (κ3) is 2.80. The molecule has 0 aromatic carbocycles. The summed E-state index contributed by atoms with van der Waals surface area (Å²) < 4.78 is 6.62. The van der Waals surface area contributed by atoms with Crippen molar-refractivity contribution in [3.63, 3.8) is 0 Å². The summed E-state index contributed by atoms with van der Waals surface area (Å²) in [5.74, 6) is 0. The van der Waals surface area contributed by atoms with Crippen LogP contribution >= 0.6 is 0 Å². The lowest BCUT2D eigenvalue weighted by molar-refractivity contribution is 0.113. The minimum absolute atomic E-state index is 0.175. The summed E-state index contributed by atoms with van der Waals surface area (Å²) in [7, 11) is -1.73. The smallest absolute Gasteiger partial charge is 0.192 e. The predicted molar refractivity (Wildman–Crippen MR) is 83.4 cm³/mol. The maximum Gasteiger partial charge on any atom is 0.192 e. The fraction of sp³-hybridized carbons (Fsp3) is 0.750. The molecule has 1 atom stereocenters. The van der Waals surface area contributed by atoms with Crippen molar-refractivity contribution in [1.82, 2.24) is 0 Å². The topological polar surface area (TPSA) is 9.23 Å². The van der Waals surface area contributed by atoms with Crippen LogP contribution in [-0.4, -0.2) is 14.4 Å². The molecule has 1 aliphatic carbocycles. The van der Waals surface area contributed by atoms with Gasteiger partial charge in [0.25, 0.3) is 0 Å². The van der Waals surface area contributed by atoms with Crippen molar-refractivity contribution in [2.75, 3.05) is 0 Å². The molecule has 104 valence electrons. The number of hydrogen-bond donors (Lipinski definition) is 0. The lowest BCUT2D eigenvalue weighted by atomic mass is 9.89. The Labute approximate surface area is 114 Å². The van der Waals surface area contributed by atoms with Crippen LogP contribution in [0.25, 0.3) is 0 Å². The van der Waals surface area contributed by atoms with Gasteiger partial charge in [0.1, 0.15) is 0 Å². The Kier molecular flexibility index (Phi) is 4.05. The third-order valence-electron chi connectivity index (χ3n) is 4.65. The Bertz CT molecular complexity index is 369. The van der Waals surface area contributed by atoms with Gasteiger partial charge in [-0.3, -0.25) is 0 Å². The number of hydrogen-bond acceptors (Lipinski definition) is 1. The molecule has 1 unspecified atom stereocenters. The Morgan fingerprint density at radius 1 is 1.33 bits per heavy atom. The van der Waals surface area contributed by atoms with Gasteiger partial charge in [-0.1, -0.05) is 47.3 Å². The van der Waals surface area contributed by atoms with Crippen LogP contribution in [0.15, 0.2) is 23.8 Å². The van der Waals surface area contributed by atoms with Gasteiger partial charge in [0, 0.05) is 0 Å². The second-order valence-corrected chi connectivity index (χ2v) is 12.5. The zero-order valence-electron chi connectivity index (χ0n) is 13.5. The molecule has 1 fully saturated rings. The average molecular weight is 267 g/mol. The molecule has 0 heterocycles. The van der Waals surface area contributed by atoms with Crippen molar-refractivity contribution in [2.24, 2.45) is 5.41 Å². The Hall–Kier alpha value is -0.343. The summed E-state index contributed by atoms with van der Waals surface area (Å²) in [6.07, 6.45) is 3.46. The Morgan fingerprint density at radius 2 is 1.83 bits per heavy atom. The van der Waals surface area contributed by atoms with E-state index >= 15 is 0 Å². The van der Waals surface area contributed by atoms with Crippen molar-refractivity contribution in [1.29, 1.82) is 0 Å². The van der Waals surface area contributed by atoms with Crippen molar-refractivity contribution >= 4 is 8.32 Å². The molecular weight excluding hydrogens is 236 g/mol. The maximum atomic E-state index is 6.62. The molecule has 0 aromatic heterocycles. The molecule has 1 rings (SSSR count). The Morgan fingerprint density at radius 3 is 2.17 bits per heavy atom. The largest absolute Gasteiger partial charge is 0.409 e. The van der Waals surface area contributed by atoms with E-state index in [1.807, 2.05) is 0 Å². The molecular formula is C16H30OSi. The summed E-state index contributed by atoms with van der Waals surface area (Å²) in [6, 6.07) is 0. The maximum absolute atomic E-state index is 6.62. The first-order valence-electron chi connectivity index (χ1n) is 6.94. The molecule has 2 heteroatoms. The SMILES string of the molecule is C=C1/C(=C/C)CC(C)(C)C1O[Si](C)(C)C(C)(C)C. The van der Waals surface area contributed by atoms with Gasteiger partial charge in [0.05, 0.1) is 6.10 Å². The molecule has 18 heavy (non-hydrogen) atoms. The van der Waals surface area contributed by atoms with Gasteiger partial charge in [0.15, 0.2) is 8.32 Å². The minimum atomic E-state index is -1.73. The molecule has 0 radical (unpaired) electrons. The molecule has 1 saturated carbocycles. The van der Waals surface area contributed by atoms with Crippen molar-refractivity contribution < 1.29 is 4.43 Å². The molecule has 0 bridgehead atoms. The van der Waals surface area contributed by atoms with E-state index in [1.54, 1.807) is 0 Å². The number of rotatable bonds is 2. The van der Waals surface area contributed by atoms with Gasteiger partial charge in [-0.15, -0.1) is 0 Å². The van der Waals surface area contributed by atoms with E-state index in [-0.39, 0.29) is 16.6 Å². The van der Waals surface area contributed by atoms with E-state index in [0.29, 0.717) is 0 Å². The van der Waals surface area contributed by atoms with Gasteiger partial charge in [-0.05, 0) is 48.0 Å². The van der Waals surface area contributed by atoms with Crippen LogP contribution in [0, 0.1) is 5.41 Å². The van der Waals surface area contributed by atoms with E-state index in [0.717, 1.165) is 6.42 Å². The first-order chi connectivity index (χ1) is 7.92. The highest BCUT2D eigenvalue weighted by molar-refractivity contribution is 6.74. The van der Waals surface area contributed by atoms with Gasteiger partial charge >= 0.3 is 0 Å². The van der Waals surface area contributed by atoms with Gasteiger partial charge < -0.3 is 4.43 Å². The van der Waals surface area contributed by atoms with E-state index in [4.69, 9.17) is 4.43 Å². The summed E-state index contributed by atoms with van der Waals surface area (Å²) in [5, 5.41) is 0.252. The van der Waals surface area contributed by atoms with Gasteiger partial charge in [-0.25, -0.2) is 0 Å². The fourth-order valence-electron chi connectivity index (χ4n) is 2.33. The number of allylic oxidation sites excluding steroid dienone is 1. The zero-order chi connectivity index (χ0) is 14.4. The summed E-state index contributed by atoms with van der Waals surface area (Å²) in [4.78, 5) is 0. The normalized spacial score (nSPS) is 27.0. The third-order valence-corrected chi connectivity index (χ3v) is 9.09.